The third kappa shape index (κ3) is 4.35. The van der Waals surface area contributed by atoms with Gasteiger partial charge in [0, 0.05) is 6.21 Å². The highest BCUT2D eigenvalue weighted by Gasteiger charge is 1.93. The van der Waals surface area contributed by atoms with Gasteiger partial charge in [-0.2, -0.15) is 10.2 Å². The molecule has 0 saturated carbocycles. The van der Waals surface area contributed by atoms with Gasteiger partial charge in [-0.15, -0.1) is 0 Å². The standard InChI is InChI=1S/C19H15N3O/c23-19-12-6-15(7-13-19)14-20-16-8-10-18(11-9-16)22-21-17-4-2-1-3-5-17/h1-14,23H. The summed E-state index contributed by atoms with van der Waals surface area (Å²) in [5, 5.41) is 17.6. The molecule has 3 rings (SSSR count). The summed E-state index contributed by atoms with van der Waals surface area (Å²) in [5.74, 6) is 0.246. The van der Waals surface area contributed by atoms with Crippen molar-refractivity contribution in [3.63, 3.8) is 0 Å². The Kier molecular flexibility index (Phi) is 4.55. The van der Waals surface area contributed by atoms with Gasteiger partial charge in [-0.1, -0.05) is 18.2 Å². The van der Waals surface area contributed by atoms with E-state index >= 15 is 0 Å². The number of aromatic hydroxyl groups is 1. The predicted molar refractivity (Wildman–Crippen MR) is 92.4 cm³/mol. The number of phenolic OH excluding ortho intramolecular Hbond substituents is 1. The molecule has 4 nitrogen and oxygen atoms in total. The lowest BCUT2D eigenvalue weighted by Gasteiger charge is -1.96. The summed E-state index contributed by atoms with van der Waals surface area (Å²) in [5.41, 5.74) is 3.35. The fraction of sp³-hybridized carbons (Fsp3) is 0. The first kappa shape index (κ1) is 14.7. The molecule has 0 saturated heterocycles. The monoisotopic (exact) mass is 301 g/mol. The fourth-order valence-corrected chi connectivity index (χ4v) is 1.92. The van der Waals surface area contributed by atoms with Crippen LogP contribution in [-0.4, -0.2) is 11.3 Å². The molecular weight excluding hydrogens is 286 g/mol. The summed E-state index contributed by atoms with van der Waals surface area (Å²) in [7, 11) is 0. The van der Waals surface area contributed by atoms with Gasteiger partial charge in [-0.05, 0) is 66.2 Å². The Hall–Kier alpha value is -3.27. The third-order valence-corrected chi connectivity index (χ3v) is 3.14. The van der Waals surface area contributed by atoms with Crippen LogP contribution in [0.2, 0.25) is 0 Å². The molecule has 1 N–H and O–H groups in total. The number of aliphatic imine (C=N–C) groups is 1. The molecule has 3 aromatic carbocycles. The number of azo groups is 1. The first-order valence-electron chi connectivity index (χ1n) is 7.19. The van der Waals surface area contributed by atoms with E-state index in [0.717, 1.165) is 22.6 Å². The average molecular weight is 301 g/mol. The molecule has 0 heterocycles. The summed E-state index contributed by atoms with van der Waals surface area (Å²) in [6, 6.07) is 24.0. The van der Waals surface area contributed by atoms with E-state index < -0.39 is 0 Å². The van der Waals surface area contributed by atoms with E-state index in [1.807, 2.05) is 54.6 Å². The Balaban J connectivity index is 1.67. The second-order valence-electron chi connectivity index (χ2n) is 4.90. The highest BCUT2D eigenvalue weighted by molar-refractivity contribution is 5.82. The lowest BCUT2D eigenvalue weighted by Crippen LogP contribution is -1.78. The minimum absolute atomic E-state index is 0.246. The van der Waals surface area contributed by atoms with Crippen LogP contribution in [0.25, 0.3) is 0 Å². The van der Waals surface area contributed by atoms with Crippen molar-refractivity contribution in [1.29, 1.82) is 0 Å². The summed E-state index contributed by atoms with van der Waals surface area (Å²) in [6.45, 7) is 0. The molecular formula is C19H15N3O. The topological polar surface area (TPSA) is 57.3 Å². The van der Waals surface area contributed by atoms with E-state index in [4.69, 9.17) is 0 Å². The van der Waals surface area contributed by atoms with Gasteiger partial charge in [-0.25, -0.2) is 0 Å². The number of nitrogens with zero attached hydrogens (tertiary/aromatic N) is 3. The summed E-state index contributed by atoms with van der Waals surface area (Å²) in [6.07, 6.45) is 1.75. The second kappa shape index (κ2) is 7.13. The lowest BCUT2D eigenvalue weighted by molar-refractivity contribution is 0.475. The molecule has 0 unspecified atom stereocenters. The van der Waals surface area contributed by atoms with Crippen molar-refractivity contribution in [2.24, 2.45) is 15.2 Å². The second-order valence-corrected chi connectivity index (χ2v) is 4.90. The maximum absolute atomic E-state index is 9.24. The first-order chi connectivity index (χ1) is 11.3. The van der Waals surface area contributed by atoms with Crippen LogP contribution in [0, 0.1) is 0 Å². The van der Waals surface area contributed by atoms with E-state index in [-0.39, 0.29) is 5.75 Å². The average Bonchev–Trinajstić information content (AvgIpc) is 2.61. The SMILES string of the molecule is Oc1ccc(C=Nc2ccc(N=Nc3ccccc3)cc2)cc1. The van der Waals surface area contributed by atoms with Crippen molar-refractivity contribution in [1.82, 2.24) is 0 Å². The quantitative estimate of drug-likeness (QED) is 0.498. The molecule has 0 amide bonds. The third-order valence-electron chi connectivity index (χ3n) is 3.14. The van der Waals surface area contributed by atoms with Gasteiger partial charge in [0.1, 0.15) is 5.75 Å². The lowest BCUT2D eigenvalue weighted by atomic mass is 10.2. The van der Waals surface area contributed by atoms with Crippen molar-refractivity contribution >= 4 is 23.3 Å². The number of hydrogen-bond acceptors (Lipinski definition) is 4. The number of hydrogen-bond donors (Lipinski definition) is 1. The number of rotatable bonds is 4. The van der Waals surface area contributed by atoms with E-state index in [0.29, 0.717) is 0 Å². The van der Waals surface area contributed by atoms with Gasteiger partial charge in [0.05, 0.1) is 17.1 Å². The van der Waals surface area contributed by atoms with Crippen molar-refractivity contribution in [3.05, 3.63) is 84.4 Å². The Morgan fingerprint density at radius 3 is 1.83 bits per heavy atom. The Morgan fingerprint density at radius 1 is 0.609 bits per heavy atom. The molecule has 0 atom stereocenters. The van der Waals surface area contributed by atoms with Gasteiger partial charge in [0.15, 0.2) is 0 Å². The molecule has 23 heavy (non-hydrogen) atoms. The molecule has 0 aromatic heterocycles. The van der Waals surface area contributed by atoms with Crippen LogP contribution in [0.15, 0.2) is 94.1 Å². The highest BCUT2D eigenvalue weighted by Crippen LogP contribution is 2.21. The summed E-state index contributed by atoms with van der Waals surface area (Å²) >= 11 is 0. The van der Waals surface area contributed by atoms with Crippen LogP contribution >= 0.6 is 0 Å². The van der Waals surface area contributed by atoms with Gasteiger partial charge in [0.2, 0.25) is 0 Å². The number of benzene rings is 3. The van der Waals surface area contributed by atoms with E-state index in [1.54, 1.807) is 30.5 Å². The van der Waals surface area contributed by atoms with Crippen LogP contribution in [0.1, 0.15) is 5.56 Å². The van der Waals surface area contributed by atoms with Gasteiger partial charge in [0.25, 0.3) is 0 Å². The van der Waals surface area contributed by atoms with E-state index in [9.17, 15) is 5.11 Å². The van der Waals surface area contributed by atoms with E-state index in [1.165, 1.54) is 0 Å². The first-order valence-corrected chi connectivity index (χ1v) is 7.19. The molecule has 4 heteroatoms. The molecule has 0 aliphatic rings. The largest absolute Gasteiger partial charge is 0.508 e. The van der Waals surface area contributed by atoms with Crippen molar-refractivity contribution in [3.8, 4) is 5.75 Å². The normalized spacial score (nSPS) is 11.3. The maximum atomic E-state index is 9.24. The molecule has 0 aliphatic heterocycles. The van der Waals surface area contributed by atoms with Crippen molar-refractivity contribution in [2.45, 2.75) is 0 Å². The van der Waals surface area contributed by atoms with Crippen LogP contribution < -0.4 is 0 Å². The Labute approximate surface area is 134 Å². The molecule has 0 fully saturated rings. The zero-order valence-electron chi connectivity index (χ0n) is 12.4. The molecule has 3 aromatic rings. The molecule has 0 bridgehead atoms. The number of phenols is 1. The van der Waals surface area contributed by atoms with Crippen molar-refractivity contribution in [2.75, 3.05) is 0 Å². The maximum Gasteiger partial charge on any atom is 0.115 e. The van der Waals surface area contributed by atoms with Gasteiger partial charge in [-0.3, -0.25) is 4.99 Å². The smallest absolute Gasteiger partial charge is 0.115 e. The van der Waals surface area contributed by atoms with Crippen molar-refractivity contribution < 1.29 is 5.11 Å². The van der Waals surface area contributed by atoms with Crippen LogP contribution in [0.5, 0.6) is 5.75 Å². The fourth-order valence-electron chi connectivity index (χ4n) is 1.92. The minimum Gasteiger partial charge on any atom is -0.508 e. The highest BCUT2D eigenvalue weighted by atomic mass is 16.3. The molecule has 0 spiro atoms. The van der Waals surface area contributed by atoms with Crippen LogP contribution in [-0.2, 0) is 0 Å². The minimum atomic E-state index is 0.246. The molecule has 0 aliphatic carbocycles. The molecule has 112 valence electrons. The zero-order valence-corrected chi connectivity index (χ0v) is 12.4. The summed E-state index contributed by atoms with van der Waals surface area (Å²) in [4.78, 5) is 4.39. The van der Waals surface area contributed by atoms with Crippen LogP contribution in [0.4, 0.5) is 17.1 Å². The van der Waals surface area contributed by atoms with Crippen LogP contribution in [0.3, 0.4) is 0 Å². The Bertz CT molecular complexity index is 807. The predicted octanol–water partition coefficient (Wildman–Crippen LogP) is 5.56. The molecule has 0 radical (unpaired) electrons. The van der Waals surface area contributed by atoms with E-state index in [2.05, 4.69) is 15.2 Å². The van der Waals surface area contributed by atoms with Gasteiger partial charge < -0.3 is 5.11 Å². The Morgan fingerprint density at radius 2 is 1.17 bits per heavy atom. The van der Waals surface area contributed by atoms with Gasteiger partial charge >= 0.3 is 0 Å². The zero-order chi connectivity index (χ0) is 15.9. The summed E-state index contributed by atoms with van der Waals surface area (Å²) < 4.78 is 0.